The Morgan fingerprint density at radius 2 is 1.92 bits per heavy atom. The van der Waals surface area contributed by atoms with Crippen LogP contribution in [0, 0.1) is 5.82 Å². The lowest BCUT2D eigenvalue weighted by molar-refractivity contribution is 0.0759. The van der Waals surface area contributed by atoms with Crippen molar-refractivity contribution in [3.8, 4) is 0 Å². The number of hydrogen-bond acceptors (Lipinski definition) is 4. The van der Waals surface area contributed by atoms with Gasteiger partial charge in [0.1, 0.15) is 11.0 Å². The van der Waals surface area contributed by atoms with Crippen LogP contribution in [0.4, 0.5) is 4.39 Å². The van der Waals surface area contributed by atoms with E-state index in [0.717, 1.165) is 0 Å². The Balaban J connectivity index is 1.77. The summed E-state index contributed by atoms with van der Waals surface area (Å²) >= 11 is 6.02. The van der Waals surface area contributed by atoms with Crippen LogP contribution in [0.1, 0.15) is 16.8 Å². The fourth-order valence-electron chi connectivity index (χ4n) is 2.83. The average Bonchev–Trinajstić information content (AvgIpc) is 2.83. The molecule has 1 aromatic heterocycles. The van der Waals surface area contributed by atoms with E-state index in [1.165, 1.54) is 38.3 Å². The second kappa shape index (κ2) is 7.34. The first-order valence-corrected chi connectivity index (χ1v) is 9.85. The summed E-state index contributed by atoms with van der Waals surface area (Å²) in [5.74, 6) is -1.04. The van der Waals surface area contributed by atoms with Gasteiger partial charge in [0.05, 0.1) is 11.9 Å². The third-order valence-electron chi connectivity index (χ3n) is 4.26. The second-order valence-corrected chi connectivity index (χ2v) is 8.19. The van der Waals surface area contributed by atoms with Crippen LogP contribution in [0.15, 0.2) is 35.6 Å². The zero-order valence-corrected chi connectivity index (χ0v) is 15.7. The molecule has 26 heavy (non-hydrogen) atoms. The van der Waals surface area contributed by atoms with Gasteiger partial charge in [0, 0.05) is 33.2 Å². The number of hydrogen-bond donors (Lipinski definition) is 0. The Bertz CT molecular complexity index is 931. The van der Waals surface area contributed by atoms with Crippen molar-refractivity contribution in [1.29, 1.82) is 0 Å². The van der Waals surface area contributed by atoms with Crippen molar-refractivity contribution in [2.45, 2.75) is 11.4 Å². The van der Waals surface area contributed by atoms with E-state index < -0.39 is 21.7 Å². The van der Waals surface area contributed by atoms with E-state index >= 15 is 0 Å². The molecular formula is C16H18ClFN4O3S. The third kappa shape index (κ3) is 3.46. The number of benzene rings is 1. The largest absolute Gasteiger partial charge is 0.337 e. The van der Waals surface area contributed by atoms with Gasteiger partial charge in [0.25, 0.3) is 15.9 Å². The number of amides is 1. The van der Waals surface area contributed by atoms with Gasteiger partial charge in [-0.2, -0.15) is 4.31 Å². The number of aromatic nitrogens is 2. The molecule has 3 rings (SSSR count). The summed E-state index contributed by atoms with van der Waals surface area (Å²) in [6, 6.07) is 5.75. The van der Waals surface area contributed by atoms with Crippen molar-refractivity contribution in [2.75, 3.05) is 26.2 Å². The molecule has 10 heteroatoms. The molecule has 0 unspecified atom stereocenters. The minimum absolute atomic E-state index is 0.0171. The molecule has 0 saturated carbocycles. The maximum atomic E-state index is 13.9. The van der Waals surface area contributed by atoms with Crippen LogP contribution in [-0.4, -0.2) is 59.3 Å². The topological polar surface area (TPSA) is 75.5 Å². The van der Waals surface area contributed by atoms with E-state index in [1.807, 2.05) is 0 Å². The van der Waals surface area contributed by atoms with Crippen molar-refractivity contribution in [2.24, 2.45) is 7.05 Å². The van der Waals surface area contributed by atoms with Gasteiger partial charge in [0.2, 0.25) is 5.03 Å². The van der Waals surface area contributed by atoms with Gasteiger partial charge >= 0.3 is 0 Å². The highest BCUT2D eigenvalue weighted by molar-refractivity contribution is 7.89. The number of nitrogens with zero attached hydrogens (tertiary/aromatic N) is 4. The summed E-state index contributed by atoms with van der Waals surface area (Å²) < 4.78 is 42.1. The molecule has 1 aliphatic rings. The molecule has 1 saturated heterocycles. The Morgan fingerprint density at radius 1 is 1.19 bits per heavy atom. The zero-order chi connectivity index (χ0) is 18.9. The predicted molar refractivity (Wildman–Crippen MR) is 93.9 cm³/mol. The highest BCUT2D eigenvalue weighted by atomic mass is 35.5. The Labute approximate surface area is 156 Å². The summed E-state index contributed by atoms with van der Waals surface area (Å²) in [5.41, 5.74) is -0.0171. The lowest BCUT2D eigenvalue weighted by atomic mass is 10.2. The van der Waals surface area contributed by atoms with Crippen LogP contribution < -0.4 is 0 Å². The molecule has 0 spiro atoms. The maximum absolute atomic E-state index is 13.9. The normalized spacial score (nSPS) is 16.5. The average molecular weight is 401 g/mol. The molecule has 0 N–H and O–H groups in total. The Morgan fingerprint density at radius 3 is 2.58 bits per heavy atom. The minimum atomic E-state index is -3.86. The molecule has 0 radical (unpaired) electrons. The minimum Gasteiger partial charge on any atom is -0.337 e. The maximum Gasteiger partial charge on any atom is 0.263 e. The van der Waals surface area contributed by atoms with Crippen molar-refractivity contribution >= 4 is 27.5 Å². The second-order valence-electron chi connectivity index (χ2n) is 5.98. The molecule has 2 aromatic rings. The molecule has 7 nitrogen and oxygen atoms in total. The van der Waals surface area contributed by atoms with Gasteiger partial charge in [-0.3, -0.25) is 4.79 Å². The number of imidazole rings is 1. The smallest absolute Gasteiger partial charge is 0.263 e. The van der Waals surface area contributed by atoms with Crippen molar-refractivity contribution in [1.82, 2.24) is 18.8 Å². The standard InChI is InChI=1S/C16H18ClFN4O3S/c1-20-11-19-15(14(20)17)26(24,25)22-8-4-7-21(9-10-22)16(23)12-5-2-3-6-13(12)18/h2-3,5-6,11H,4,7-10H2,1H3. The molecule has 1 fully saturated rings. The molecule has 1 aliphatic heterocycles. The van der Waals surface area contributed by atoms with Gasteiger partial charge < -0.3 is 9.47 Å². The van der Waals surface area contributed by atoms with E-state index in [0.29, 0.717) is 13.0 Å². The number of halogens is 2. The Hall–Kier alpha value is -1.97. The lowest BCUT2D eigenvalue weighted by Gasteiger charge is -2.21. The lowest BCUT2D eigenvalue weighted by Crippen LogP contribution is -2.37. The van der Waals surface area contributed by atoms with Gasteiger partial charge in [-0.1, -0.05) is 23.7 Å². The number of aryl methyl sites for hydroxylation is 1. The number of carbonyl (C=O) groups excluding carboxylic acids is 1. The SMILES string of the molecule is Cn1cnc(S(=O)(=O)N2CCCN(C(=O)c3ccccc3F)CC2)c1Cl. The van der Waals surface area contributed by atoms with Crippen LogP contribution in [0.2, 0.25) is 5.15 Å². The molecule has 0 aliphatic carbocycles. The summed E-state index contributed by atoms with van der Waals surface area (Å²) in [6.45, 7) is 0.831. The van der Waals surface area contributed by atoms with Crippen LogP contribution in [0.25, 0.3) is 0 Å². The van der Waals surface area contributed by atoms with Crippen molar-refractivity contribution < 1.29 is 17.6 Å². The molecule has 140 valence electrons. The molecular weight excluding hydrogens is 383 g/mol. The first kappa shape index (κ1) is 18.8. The van der Waals surface area contributed by atoms with Crippen molar-refractivity contribution in [3.63, 3.8) is 0 Å². The molecule has 0 atom stereocenters. The van der Waals surface area contributed by atoms with Gasteiger partial charge in [0.15, 0.2) is 0 Å². The number of sulfonamides is 1. The summed E-state index contributed by atoms with van der Waals surface area (Å²) in [7, 11) is -2.26. The number of rotatable bonds is 3. The van der Waals surface area contributed by atoms with E-state index in [2.05, 4.69) is 4.98 Å². The van der Waals surface area contributed by atoms with E-state index in [1.54, 1.807) is 13.1 Å². The zero-order valence-electron chi connectivity index (χ0n) is 14.1. The Kier molecular flexibility index (Phi) is 5.31. The van der Waals surface area contributed by atoms with E-state index in [-0.39, 0.29) is 35.4 Å². The van der Waals surface area contributed by atoms with E-state index in [9.17, 15) is 17.6 Å². The summed E-state index contributed by atoms with van der Waals surface area (Å²) in [4.78, 5) is 17.9. The van der Waals surface area contributed by atoms with Crippen LogP contribution in [0.3, 0.4) is 0 Å². The number of carbonyl (C=O) groups is 1. The third-order valence-corrected chi connectivity index (χ3v) is 6.66. The van der Waals surface area contributed by atoms with Gasteiger partial charge in [-0.05, 0) is 18.6 Å². The van der Waals surface area contributed by atoms with Crippen LogP contribution in [0.5, 0.6) is 0 Å². The quantitative estimate of drug-likeness (QED) is 0.786. The van der Waals surface area contributed by atoms with Crippen LogP contribution >= 0.6 is 11.6 Å². The highest BCUT2D eigenvalue weighted by Crippen LogP contribution is 2.24. The molecule has 2 heterocycles. The van der Waals surface area contributed by atoms with Gasteiger partial charge in [-0.25, -0.2) is 17.8 Å². The van der Waals surface area contributed by atoms with Crippen LogP contribution in [-0.2, 0) is 17.1 Å². The summed E-state index contributed by atoms with van der Waals surface area (Å²) in [5, 5.41) is -0.163. The predicted octanol–water partition coefficient (Wildman–Crippen LogP) is 1.75. The molecule has 0 bridgehead atoms. The van der Waals surface area contributed by atoms with Crippen molar-refractivity contribution in [3.05, 3.63) is 47.1 Å². The molecule has 1 amide bonds. The van der Waals surface area contributed by atoms with Gasteiger partial charge in [-0.15, -0.1) is 0 Å². The summed E-state index contributed by atoms with van der Waals surface area (Å²) in [6.07, 6.45) is 1.77. The molecule has 1 aromatic carbocycles. The first-order valence-electron chi connectivity index (χ1n) is 8.03. The monoisotopic (exact) mass is 400 g/mol. The van der Waals surface area contributed by atoms with E-state index in [4.69, 9.17) is 11.6 Å². The fourth-order valence-corrected chi connectivity index (χ4v) is 4.69. The highest BCUT2D eigenvalue weighted by Gasteiger charge is 2.32. The first-order chi connectivity index (χ1) is 12.3. The fraction of sp³-hybridized carbons (Fsp3) is 0.375.